The minimum Gasteiger partial charge on any atom is -0.465 e. The van der Waals surface area contributed by atoms with Crippen molar-refractivity contribution in [2.45, 2.75) is 32.7 Å². The predicted molar refractivity (Wildman–Crippen MR) is 123 cm³/mol. The molecule has 0 N–H and O–H groups in total. The largest absolute Gasteiger partial charge is 0.465 e. The SMILES string of the molecule is C=Nc1nc(-c2nn(Cc3ccc(F)cc3F)c3ncccc23)ncc1C(C)(C)C(=O)OCC. The van der Waals surface area contributed by atoms with Gasteiger partial charge in [-0.25, -0.2) is 33.4 Å². The first-order chi connectivity index (χ1) is 16.3. The number of benzene rings is 1. The average molecular weight is 464 g/mol. The van der Waals surface area contributed by atoms with Crippen molar-refractivity contribution in [3.05, 3.63) is 65.5 Å². The van der Waals surface area contributed by atoms with Crippen LogP contribution in [-0.4, -0.2) is 44.0 Å². The van der Waals surface area contributed by atoms with Crippen molar-refractivity contribution in [2.24, 2.45) is 4.99 Å². The van der Waals surface area contributed by atoms with Crippen molar-refractivity contribution in [3.63, 3.8) is 0 Å². The fourth-order valence-electron chi connectivity index (χ4n) is 3.57. The van der Waals surface area contributed by atoms with Crippen LogP contribution in [0.1, 0.15) is 31.9 Å². The Morgan fingerprint density at radius 1 is 1.24 bits per heavy atom. The van der Waals surface area contributed by atoms with Gasteiger partial charge < -0.3 is 4.74 Å². The van der Waals surface area contributed by atoms with Gasteiger partial charge in [0.15, 0.2) is 17.3 Å². The molecule has 0 unspecified atom stereocenters. The zero-order valence-electron chi connectivity index (χ0n) is 18.9. The van der Waals surface area contributed by atoms with E-state index in [1.807, 2.05) is 0 Å². The maximum absolute atomic E-state index is 14.3. The van der Waals surface area contributed by atoms with E-state index < -0.39 is 23.0 Å². The molecule has 0 bridgehead atoms. The summed E-state index contributed by atoms with van der Waals surface area (Å²) in [5.41, 5.74) is 0.544. The van der Waals surface area contributed by atoms with E-state index in [-0.39, 0.29) is 30.4 Å². The molecule has 174 valence electrons. The third kappa shape index (κ3) is 4.14. The maximum atomic E-state index is 14.3. The van der Waals surface area contributed by atoms with Crippen LogP contribution >= 0.6 is 0 Å². The van der Waals surface area contributed by atoms with Crippen LogP contribution in [0, 0.1) is 11.6 Å². The van der Waals surface area contributed by atoms with E-state index in [4.69, 9.17) is 4.74 Å². The molecular formula is C24H22F2N6O2. The molecule has 0 aliphatic rings. The molecule has 4 aromatic rings. The first kappa shape index (κ1) is 23.1. The number of rotatable bonds is 7. The van der Waals surface area contributed by atoms with E-state index in [2.05, 4.69) is 31.8 Å². The zero-order valence-corrected chi connectivity index (χ0v) is 18.9. The van der Waals surface area contributed by atoms with E-state index in [9.17, 15) is 13.6 Å². The Kier molecular flexibility index (Phi) is 6.14. The molecule has 0 spiro atoms. The summed E-state index contributed by atoms with van der Waals surface area (Å²) in [6, 6.07) is 6.91. The van der Waals surface area contributed by atoms with Gasteiger partial charge in [-0.05, 0) is 45.7 Å². The van der Waals surface area contributed by atoms with Gasteiger partial charge in [-0.3, -0.25) is 4.79 Å². The Hall–Kier alpha value is -4.08. The van der Waals surface area contributed by atoms with Crippen molar-refractivity contribution in [2.75, 3.05) is 6.61 Å². The Labute approximate surface area is 194 Å². The van der Waals surface area contributed by atoms with Crippen LogP contribution < -0.4 is 0 Å². The highest BCUT2D eigenvalue weighted by molar-refractivity contribution is 5.90. The second-order valence-electron chi connectivity index (χ2n) is 8.05. The maximum Gasteiger partial charge on any atom is 0.316 e. The van der Waals surface area contributed by atoms with Crippen molar-refractivity contribution >= 4 is 29.5 Å². The number of hydrogen-bond donors (Lipinski definition) is 0. The molecule has 0 amide bonds. The quantitative estimate of drug-likeness (QED) is 0.297. The standard InChI is InChI=1S/C24H22F2N6O2/c1-5-34-23(33)24(2,3)17-12-29-21(30-20(17)27-4)19-16-7-6-10-28-22(16)32(31-19)13-14-8-9-15(25)11-18(14)26/h6-12H,4-5,13H2,1-3H3. The van der Waals surface area contributed by atoms with E-state index in [1.54, 1.807) is 39.1 Å². The first-order valence-corrected chi connectivity index (χ1v) is 10.5. The van der Waals surface area contributed by atoms with E-state index >= 15 is 0 Å². The van der Waals surface area contributed by atoms with Gasteiger partial charge in [0.2, 0.25) is 0 Å². The Morgan fingerprint density at radius 3 is 2.74 bits per heavy atom. The Morgan fingerprint density at radius 2 is 2.03 bits per heavy atom. The van der Waals surface area contributed by atoms with Crippen molar-refractivity contribution in [1.82, 2.24) is 24.7 Å². The molecule has 3 heterocycles. The number of hydrogen-bond acceptors (Lipinski definition) is 7. The zero-order chi connectivity index (χ0) is 24.5. The highest BCUT2D eigenvalue weighted by atomic mass is 19.1. The molecule has 3 aromatic heterocycles. The average Bonchev–Trinajstić information content (AvgIpc) is 3.19. The summed E-state index contributed by atoms with van der Waals surface area (Å²) in [6.07, 6.45) is 3.10. The molecular weight excluding hydrogens is 442 g/mol. The number of pyridine rings is 1. The topological polar surface area (TPSA) is 95.1 Å². The number of carbonyl (C=O) groups excluding carboxylic acids is 1. The van der Waals surface area contributed by atoms with E-state index in [1.165, 1.54) is 23.0 Å². The van der Waals surface area contributed by atoms with Crippen molar-refractivity contribution < 1.29 is 18.3 Å². The fourth-order valence-corrected chi connectivity index (χ4v) is 3.57. The molecule has 34 heavy (non-hydrogen) atoms. The van der Waals surface area contributed by atoms with Crippen LogP contribution in [0.5, 0.6) is 0 Å². The summed E-state index contributed by atoms with van der Waals surface area (Å²) in [6.45, 7) is 8.98. The lowest BCUT2D eigenvalue weighted by atomic mass is 9.86. The first-order valence-electron chi connectivity index (χ1n) is 10.5. The van der Waals surface area contributed by atoms with Crippen molar-refractivity contribution in [3.8, 4) is 11.5 Å². The lowest BCUT2D eigenvalue weighted by Crippen LogP contribution is -2.31. The molecule has 0 aliphatic carbocycles. The second kappa shape index (κ2) is 9.05. The van der Waals surface area contributed by atoms with Gasteiger partial charge in [-0.1, -0.05) is 6.07 Å². The lowest BCUT2D eigenvalue weighted by molar-refractivity contribution is -0.148. The second-order valence-corrected chi connectivity index (χ2v) is 8.05. The van der Waals surface area contributed by atoms with Gasteiger partial charge in [0.1, 0.15) is 17.3 Å². The third-order valence-corrected chi connectivity index (χ3v) is 5.43. The smallest absolute Gasteiger partial charge is 0.316 e. The summed E-state index contributed by atoms with van der Waals surface area (Å²) < 4.78 is 34.2. The van der Waals surface area contributed by atoms with Gasteiger partial charge >= 0.3 is 5.97 Å². The number of halogens is 2. The normalized spacial score (nSPS) is 11.6. The number of ether oxygens (including phenoxy) is 1. The minimum absolute atomic E-state index is 0.0279. The van der Waals surface area contributed by atoms with Gasteiger partial charge in [0, 0.05) is 29.6 Å². The van der Waals surface area contributed by atoms with Crippen LogP contribution in [0.15, 0.2) is 47.7 Å². The number of nitrogens with zero attached hydrogens (tertiary/aromatic N) is 6. The van der Waals surface area contributed by atoms with Gasteiger partial charge in [-0.15, -0.1) is 0 Å². The lowest BCUT2D eigenvalue weighted by Gasteiger charge is -2.23. The monoisotopic (exact) mass is 464 g/mol. The molecule has 0 aliphatic heterocycles. The third-order valence-electron chi connectivity index (χ3n) is 5.43. The highest BCUT2D eigenvalue weighted by Crippen LogP contribution is 2.33. The minimum atomic E-state index is -1.05. The number of aromatic nitrogens is 5. The molecule has 0 radical (unpaired) electrons. The molecule has 10 heteroatoms. The summed E-state index contributed by atoms with van der Waals surface area (Å²) in [5.74, 6) is -1.31. The molecule has 0 saturated carbocycles. The molecule has 0 saturated heterocycles. The van der Waals surface area contributed by atoms with Gasteiger partial charge in [-0.2, -0.15) is 5.10 Å². The number of aliphatic imine (C=N–C) groups is 1. The van der Waals surface area contributed by atoms with E-state index in [0.29, 0.717) is 22.3 Å². The number of esters is 1. The Bertz CT molecular complexity index is 1400. The molecule has 0 atom stereocenters. The fraction of sp³-hybridized carbons (Fsp3) is 0.250. The molecule has 1 aromatic carbocycles. The molecule has 0 fully saturated rings. The Balaban J connectivity index is 1.80. The molecule has 8 nitrogen and oxygen atoms in total. The van der Waals surface area contributed by atoms with Crippen LogP contribution in [0.4, 0.5) is 14.6 Å². The van der Waals surface area contributed by atoms with Crippen LogP contribution in [-0.2, 0) is 21.5 Å². The molecule has 4 rings (SSSR count). The number of fused-ring (bicyclic) bond motifs is 1. The summed E-state index contributed by atoms with van der Waals surface area (Å²) in [5, 5.41) is 5.20. The summed E-state index contributed by atoms with van der Waals surface area (Å²) in [7, 11) is 0. The predicted octanol–water partition coefficient (Wildman–Crippen LogP) is 4.39. The van der Waals surface area contributed by atoms with Crippen LogP contribution in [0.3, 0.4) is 0 Å². The van der Waals surface area contributed by atoms with Crippen LogP contribution in [0.2, 0.25) is 0 Å². The van der Waals surface area contributed by atoms with Crippen molar-refractivity contribution in [1.29, 1.82) is 0 Å². The van der Waals surface area contributed by atoms with Gasteiger partial charge in [0.25, 0.3) is 0 Å². The highest BCUT2D eigenvalue weighted by Gasteiger charge is 2.35. The summed E-state index contributed by atoms with van der Waals surface area (Å²) in [4.78, 5) is 29.8. The van der Waals surface area contributed by atoms with Crippen LogP contribution in [0.25, 0.3) is 22.6 Å². The number of carbonyl (C=O) groups is 1. The van der Waals surface area contributed by atoms with Gasteiger partial charge in [0.05, 0.1) is 24.0 Å². The summed E-state index contributed by atoms with van der Waals surface area (Å²) >= 11 is 0. The van der Waals surface area contributed by atoms with E-state index in [0.717, 1.165) is 6.07 Å².